The molecule has 0 aromatic carbocycles. The first-order chi connectivity index (χ1) is 7.94. The minimum atomic E-state index is -3.42. The summed E-state index contributed by atoms with van der Waals surface area (Å²) < 4.78 is 26.3. The van der Waals surface area contributed by atoms with Crippen LogP contribution >= 0.6 is 0 Å². The molecule has 0 aliphatic carbocycles. The molecule has 0 rings (SSSR count). The monoisotopic (exact) mass is 279 g/mol. The molecule has 0 saturated carbocycles. The molecule has 0 heterocycles. The van der Waals surface area contributed by atoms with Crippen LogP contribution in [-0.2, 0) is 14.8 Å². The molecular weight excluding hydrogens is 254 g/mol. The summed E-state index contributed by atoms with van der Waals surface area (Å²) in [6, 6.07) is -0.591. The zero-order valence-electron chi connectivity index (χ0n) is 11.9. The zero-order chi connectivity index (χ0) is 14.6. The second kappa shape index (κ2) is 6.52. The number of nitrogens with one attached hydrogen (secondary N) is 1. The van der Waals surface area contributed by atoms with Gasteiger partial charge >= 0.3 is 5.97 Å². The fourth-order valence-corrected chi connectivity index (χ4v) is 3.14. The lowest BCUT2D eigenvalue weighted by Gasteiger charge is -2.30. The summed E-state index contributed by atoms with van der Waals surface area (Å²) in [6.07, 6.45) is 0.365. The lowest BCUT2D eigenvalue weighted by molar-refractivity contribution is -0.138. The highest BCUT2D eigenvalue weighted by Gasteiger charge is 2.30. The molecule has 0 bridgehead atoms. The molecule has 0 saturated heterocycles. The Kier molecular flexibility index (Phi) is 6.29. The molecule has 6 heteroatoms. The van der Waals surface area contributed by atoms with Crippen molar-refractivity contribution in [2.24, 2.45) is 11.3 Å². The molecule has 0 aromatic heterocycles. The molecule has 0 aliphatic heterocycles. The van der Waals surface area contributed by atoms with Crippen LogP contribution in [0.25, 0.3) is 0 Å². The van der Waals surface area contributed by atoms with Crippen LogP contribution in [0, 0.1) is 11.3 Å². The Balaban J connectivity index is 4.72. The molecule has 0 spiro atoms. The van der Waals surface area contributed by atoms with E-state index in [1.165, 1.54) is 0 Å². The summed E-state index contributed by atoms with van der Waals surface area (Å²) in [7, 11) is -3.42. The number of carbonyl (C=O) groups is 1. The van der Waals surface area contributed by atoms with Crippen LogP contribution in [0.3, 0.4) is 0 Å². The van der Waals surface area contributed by atoms with E-state index in [4.69, 9.17) is 5.11 Å². The molecule has 1 atom stereocenters. The Bertz CT molecular complexity index is 368. The van der Waals surface area contributed by atoms with Crippen molar-refractivity contribution in [3.63, 3.8) is 0 Å². The second-order valence-corrected chi connectivity index (χ2v) is 8.01. The molecule has 2 N–H and O–H groups in total. The van der Waals surface area contributed by atoms with Gasteiger partial charge in [0.15, 0.2) is 0 Å². The van der Waals surface area contributed by atoms with Gasteiger partial charge in [0.2, 0.25) is 10.0 Å². The van der Waals surface area contributed by atoms with Crippen LogP contribution in [0.1, 0.15) is 47.5 Å². The summed E-state index contributed by atoms with van der Waals surface area (Å²) in [5.41, 5.74) is -0.427. The molecule has 1 unspecified atom stereocenters. The molecule has 0 amide bonds. The van der Waals surface area contributed by atoms with Gasteiger partial charge in [0.25, 0.3) is 0 Å². The van der Waals surface area contributed by atoms with Gasteiger partial charge in [0.05, 0.1) is 12.2 Å². The van der Waals surface area contributed by atoms with Crippen molar-refractivity contribution in [3.8, 4) is 0 Å². The van der Waals surface area contributed by atoms with E-state index in [1.54, 1.807) is 0 Å². The third kappa shape index (κ3) is 7.66. The standard InChI is InChI=1S/C12H25NO4S/c1-9(2)6-7-18(16,17)13-10(8-11(14)15)12(3,4)5/h9-10,13H,6-8H2,1-5H3,(H,14,15). The Hall–Kier alpha value is -0.620. The van der Waals surface area contributed by atoms with E-state index in [2.05, 4.69) is 4.72 Å². The molecule has 0 radical (unpaired) electrons. The zero-order valence-corrected chi connectivity index (χ0v) is 12.7. The van der Waals surface area contributed by atoms with Crippen LogP contribution in [-0.4, -0.2) is 31.3 Å². The van der Waals surface area contributed by atoms with Gasteiger partial charge in [-0.25, -0.2) is 13.1 Å². The second-order valence-electron chi connectivity index (χ2n) is 6.14. The SMILES string of the molecule is CC(C)CCS(=O)(=O)NC(CC(=O)O)C(C)(C)C. The van der Waals surface area contributed by atoms with E-state index >= 15 is 0 Å². The van der Waals surface area contributed by atoms with E-state index in [0.29, 0.717) is 12.3 Å². The number of carboxylic acids is 1. The minimum Gasteiger partial charge on any atom is -0.481 e. The van der Waals surface area contributed by atoms with Crippen molar-refractivity contribution in [3.05, 3.63) is 0 Å². The van der Waals surface area contributed by atoms with Gasteiger partial charge in [0, 0.05) is 6.04 Å². The Morgan fingerprint density at radius 1 is 1.28 bits per heavy atom. The van der Waals surface area contributed by atoms with Gasteiger partial charge < -0.3 is 5.11 Å². The summed E-state index contributed by atoms with van der Waals surface area (Å²) in [5, 5.41) is 8.83. The van der Waals surface area contributed by atoms with Gasteiger partial charge in [-0.15, -0.1) is 0 Å². The normalized spacial score (nSPS) is 14.8. The fourth-order valence-electron chi connectivity index (χ4n) is 1.37. The van der Waals surface area contributed by atoms with Gasteiger partial charge in [-0.05, 0) is 17.8 Å². The lowest BCUT2D eigenvalue weighted by atomic mass is 9.85. The van der Waals surface area contributed by atoms with Crippen LogP contribution < -0.4 is 4.72 Å². The number of rotatable bonds is 7. The van der Waals surface area contributed by atoms with Crippen LogP contribution in [0.4, 0.5) is 0 Å². The summed E-state index contributed by atoms with van der Waals surface area (Å²) in [5.74, 6) is -0.660. The first-order valence-electron chi connectivity index (χ1n) is 6.16. The van der Waals surface area contributed by atoms with Gasteiger partial charge in [-0.2, -0.15) is 0 Å². The summed E-state index contributed by atoms with van der Waals surface area (Å²) in [6.45, 7) is 9.38. The number of hydrogen-bond donors (Lipinski definition) is 2. The average Bonchev–Trinajstić information content (AvgIpc) is 2.11. The number of carboxylic acid groups (broad SMARTS) is 1. The number of aliphatic carboxylic acids is 1. The van der Waals surface area contributed by atoms with Crippen LogP contribution in [0.5, 0.6) is 0 Å². The van der Waals surface area contributed by atoms with Gasteiger partial charge in [-0.3, -0.25) is 4.79 Å². The molecule has 5 nitrogen and oxygen atoms in total. The molecule has 0 aromatic rings. The first-order valence-corrected chi connectivity index (χ1v) is 7.81. The van der Waals surface area contributed by atoms with Crippen molar-refractivity contribution in [1.29, 1.82) is 0 Å². The predicted molar refractivity (Wildman–Crippen MR) is 71.9 cm³/mol. The Labute approximate surface area is 110 Å². The molecular formula is C12H25NO4S. The van der Waals surface area contributed by atoms with Gasteiger partial charge in [-0.1, -0.05) is 34.6 Å². The number of hydrogen-bond acceptors (Lipinski definition) is 3. The predicted octanol–water partition coefficient (Wildman–Crippen LogP) is 1.84. The third-order valence-corrected chi connectivity index (χ3v) is 4.13. The highest BCUT2D eigenvalue weighted by atomic mass is 32.2. The largest absolute Gasteiger partial charge is 0.481 e. The van der Waals surface area contributed by atoms with Gasteiger partial charge in [0.1, 0.15) is 0 Å². The average molecular weight is 279 g/mol. The topological polar surface area (TPSA) is 83.5 Å². The van der Waals surface area contributed by atoms with Crippen molar-refractivity contribution in [2.45, 2.75) is 53.5 Å². The van der Waals surface area contributed by atoms with E-state index in [0.717, 1.165) is 0 Å². The van der Waals surface area contributed by atoms with Crippen molar-refractivity contribution >= 4 is 16.0 Å². The van der Waals surface area contributed by atoms with Crippen molar-refractivity contribution in [2.75, 3.05) is 5.75 Å². The van der Waals surface area contributed by atoms with E-state index < -0.39 is 27.4 Å². The fraction of sp³-hybridized carbons (Fsp3) is 0.917. The maximum atomic E-state index is 11.9. The molecule has 18 heavy (non-hydrogen) atoms. The molecule has 0 aliphatic rings. The Morgan fingerprint density at radius 2 is 1.78 bits per heavy atom. The maximum absolute atomic E-state index is 11.9. The minimum absolute atomic E-state index is 0.0386. The summed E-state index contributed by atoms with van der Waals surface area (Å²) >= 11 is 0. The third-order valence-electron chi connectivity index (χ3n) is 2.71. The number of sulfonamides is 1. The van der Waals surface area contributed by atoms with Crippen LogP contribution in [0.2, 0.25) is 0 Å². The Morgan fingerprint density at radius 3 is 2.11 bits per heavy atom. The lowest BCUT2D eigenvalue weighted by Crippen LogP contribution is -2.45. The molecule has 108 valence electrons. The highest BCUT2D eigenvalue weighted by molar-refractivity contribution is 7.89. The van der Waals surface area contributed by atoms with Crippen LogP contribution in [0.15, 0.2) is 0 Å². The molecule has 0 fully saturated rings. The quantitative estimate of drug-likeness (QED) is 0.745. The smallest absolute Gasteiger partial charge is 0.304 e. The van der Waals surface area contributed by atoms with E-state index in [-0.39, 0.29) is 12.2 Å². The van der Waals surface area contributed by atoms with E-state index in [1.807, 2.05) is 34.6 Å². The highest BCUT2D eigenvalue weighted by Crippen LogP contribution is 2.22. The van der Waals surface area contributed by atoms with Crippen molar-refractivity contribution in [1.82, 2.24) is 4.72 Å². The van der Waals surface area contributed by atoms with E-state index in [9.17, 15) is 13.2 Å². The summed E-state index contributed by atoms with van der Waals surface area (Å²) in [4.78, 5) is 10.8. The maximum Gasteiger partial charge on any atom is 0.304 e. The first kappa shape index (κ1) is 17.4. The van der Waals surface area contributed by atoms with Crippen molar-refractivity contribution < 1.29 is 18.3 Å².